The molecule has 4 rings (SSSR count). The van der Waals surface area contributed by atoms with Crippen LogP contribution in [0.5, 0.6) is 0 Å². The lowest BCUT2D eigenvalue weighted by molar-refractivity contribution is -0.186. The number of benzene rings is 1. The molecule has 1 saturated heterocycles. The van der Waals surface area contributed by atoms with Gasteiger partial charge in [-0.05, 0) is 24.6 Å². The number of methoxy groups -OCH3 is 1. The Morgan fingerprint density at radius 2 is 2.18 bits per heavy atom. The molecule has 0 bridgehead atoms. The van der Waals surface area contributed by atoms with E-state index in [0.717, 1.165) is 11.8 Å². The maximum Gasteiger partial charge on any atom is 0.283 e. The quantitative estimate of drug-likeness (QED) is 0.491. The van der Waals surface area contributed by atoms with Gasteiger partial charge in [0, 0.05) is 17.6 Å². The SMILES string of the molecule is [C-]#[N+]c1ncc(Cl)cc1S[C@H]1OC(CO)[C@H](O)C(n2cc(-c3ccc(C)c(F)c3)nn2)[C@@H]1OC. The summed E-state index contributed by atoms with van der Waals surface area (Å²) in [6, 6.07) is 5.54. The monoisotopic (exact) mass is 505 g/mol. The molecule has 3 aromatic rings. The van der Waals surface area contributed by atoms with Crippen LogP contribution in [0.15, 0.2) is 41.6 Å². The standard InChI is InChI=1S/C22H21ClFN5O4S/c1-11-4-5-12(6-14(11)24)15-9-29(28-27-15)18-19(31)16(10-30)33-22(20(18)32-3)34-17-7-13(23)8-26-21(17)25-2/h4-9,16,18-20,22,30-31H,10H2,1,3H3/t16?,18?,19-,20-,22+/m0/s1. The highest BCUT2D eigenvalue weighted by Gasteiger charge is 2.47. The normalized spacial score (nSPS) is 24.7. The van der Waals surface area contributed by atoms with Gasteiger partial charge in [-0.15, -0.1) is 21.8 Å². The van der Waals surface area contributed by atoms with E-state index in [1.807, 2.05) is 0 Å². The van der Waals surface area contributed by atoms with Crippen LogP contribution < -0.4 is 0 Å². The lowest BCUT2D eigenvalue weighted by atomic mass is 9.97. The average Bonchev–Trinajstić information content (AvgIpc) is 3.31. The second kappa shape index (κ2) is 10.4. The third kappa shape index (κ3) is 4.79. The molecular formula is C22H21ClFN5O4S. The summed E-state index contributed by atoms with van der Waals surface area (Å²) in [5.74, 6) is -0.226. The summed E-state index contributed by atoms with van der Waals surface area (Å²) in [5.41, 5.74) is 0.698. The van der Waals surface area contributed by atoms with Gasteiger partial charge in [-0.25, -0.2) is 9.07 Å². The Bertz CT molecular complexity index is 1220. The van der Waals surface area contributed by atoms with Gasteiger partial charge in [0.05, 0.1) is 17.8 Å². The van der Waals surface area contributed by atoms with Crippen LogP contribution in [0, 0.1) is 19.3 Å². The van der Waals surface area contributed by atoms with Crippen molar-refractivity contribution in [2.75, 3.05) is 13.7 Å². The first-order valence-electron chi connectivity index (χ1n) is 10.2. The zero-order valence-corrected chi connectivity index (χ0v) is 19.7. The Hall–Kier alpha value is -2.59. The van der Waals surface area contributed by atoms with E-state index in [4.69, 9.17) is 27.6 Å². The number of nitrogens with zero attached hydrogens (tertiary/aromatic N) is 5. The molecule has 3 heterocycles. The maximum atomic E-state index is 14.1. The van der Waals surface area contributed by atoms with Crippen LogP contribution in [-0.2, 0) is 9.47 Å². The highest BCUT2D eigenvalue weighted by atomic mass is 35.5. The van der Waals surface area contributed by atoms with Gasteiger partial charge in [0.25, 0.3) is 5.82 Å². The van der Waals surface area contributed by atoms with Gasteiger partial charge in [-0.1, -0.05) is 35.5 Å². The summed E-state index contributed by atoms with van der Waals surface area (Å²) in [7, 11) is 1.46. The molecule has 1 aliphatic heterocycles. The Labute approximate surface area is 204 Å². The second-order valence-corrected chi connectivity index (χ2v) is 9.24. The molecule has 1 aliphatic rings. The topological polar surface area (TPSA) is 107 Å². The van der Waals surface area contributed by atoms with Crippen molar-refractivity contribution in [2.24, 2.45) is 0 Å². The molecule has 1 aromatic carbocycles. The van der Waals surface area contributed by atoms with Gasteiger partial charge in [0.1, 0.15) is 47.5 Å². The molecule has 0 amide bonds. The lowest BCUT2D eigenvalue weighted by Gasteiger charge is -2.43. The average molecular weight is 506 g/mol. The van der Waals surface area contributed by atoms with Crippen molar-refractivity contribution in [1.29, 1.82) is 0 Å². The summed E-state index contributed by atoms with van der Waals surface area (Å²) < 4.78 is 27.1. The molecule has 34 heavy (non-hydrogen) atoms. The van der Waals surface area contributed by atoms with E-state index in [0.29, 0.717) is 26.7 Å². The van der Waals surface area contributed by atoms with Crippen molar-refractivity contribution in [3.05, 3.63) is 64.5 Å². The Kier molecular flexibility index (Phi) is 7.47. The molecular weight excluding hydrogens is 485 g/mol. The Morgan fingerprint density at radius 3 is 2.85 bits per heavy atom. The molecule has 1 fully saturated rings. The number of aliphatic hydroxyl groups excluding tert-OH is 2. The van der Waals surface area contributed by atoms with E-state index < -0.39 is 36.4 Å². The molecule has 9 nitrogen and oxygen atoms in total. The summed E-state index contributed by atoms with van der Waals surface area (Å²) >= 11 is 7.22. The minimum atomic E-state index is -1.19. The fourth-order valence-corrected chi connectivity index (χ4v) is 5.20. The molecule has 12 heteroatoms. The van der Waals surface area contributed by atoms with E-state index in [1.165, 1.54) is 24.1 Å². The van der Waals surface area contributed by atoms with Crippen molar-refractivity contribution >= 4 is 29.2 Å². The van der Waals surface area contributed by atoms with Crippen LogP contribution in [-0.4, -0.2) is 67.7 Å². The van der Waals surface area contributed by atoms with E-state index in [-0.39, 0.29) is 11.6 Å². The molecule has 0 radical (unpaired) electrons. The van der Waals surface area contributed by atoms with E-state index in [2.05, 4.69) is 20.1 Å². The van der Waals surface area contributed by atoms with Gasteiger partial charge in [-0.3, -0.25) is 0 Å². The first kappa shape index (κ1) is 24.5. The number of hydrogen-bond acceptors (Lipinski definition) is 8. The molecule has 5 atom stereocenters. The zero-order valence-electron chi connectivity index (χ0n) is 18.2. The smallest absolute Gasteiger partial charge is 0.283 e. The number of rotatable bonds is 6. The molecule has 2 N–H and O–H groups in total. The number of aliphatic hydroxyl groups is 2. The van der Waals surface area contributed by atoms with Crippen molar-refractivity contribution < 1.29 is 24.1 Å². The van der Waals surface area contributed by atoms with Crippen molar-refractivity contribution in [1.82, 2.24) is 20.0 Å². The Morgan fingerprint density at radius 1 is 1.38 bits per heavy atom. The van der Waals surface area contributed by atoms with E-state index >= 15 is 0 Å². The highest BCUT2D eigenvalue weighted by molar-refractivity contribution is 8.00. The van der Waals surface area contributed by atoms with Crippen LogP contribution >= 0.6 is 23.4 Å². The van der Waals surface area contributed by atoms with E-state index in [9.17, 15) is 14.6 Å². The van der Waals surface area contributed by atoms with Gasteiger partial charge >= 0.3 is 0 Å². The van der Waals surface area contributed by atoms with Gasteiger partial charge in [-0.2, -0.15) is 0 Å². The minimum Gasteiger partial charge on any atom is -0.394 e. The number of aryl methyl sites for hydroxylation is 1. The van der Waals surface area contributed by atoms with Crippen LogP contribution in [0.2, 0.25) is 5.02 Å². The first-order chi connectivity index (χ1) is 16.4. The van der Waals surface area contributed by atoms with Crippen molar-refractivity contribution in [3.8, 4) is 11.3 Å². The van der Waals surface area contributed by atoms with Gasteiger partial charge in [0.2, 0.25) is 0 Å². The van der Waals surface area contributed by atoms with Crippen LogP contribution in [0.3, 0.4) is 0 Å². The van der Waals surface area contributed by atoms with Gasteiger partial charge < -0.3 is 24.5 Å². The van der Waals surface area contributed by atoms with Crippen LogP contribution in [0.1, 0.15) is 11.6 Å². The number of hydrogen-bond donors (Lipinski definition) is 2. The molecule has 2 unspecified atom stereocenters. The fourth-order valence-electron chi connectivity index (χ4n) is 3.73. The first-order valence-corrected chi connectivity index (χ1v) is 11.5. The third-order valence-electron chi connectivity index (χ3n) is 5.53. The van der Waals surface area contributed by atoms with Crippen molar-refractivity contribution in [3.63, 3.8) is 0 Å². The number of halogens is 2. The fraction of sp³-hybridized carbons (Fsp3) is 0.364. The second-order valence-electron chi connectivity index (χ2n) is 7.66. The van der Waals surface area contributed by atoms with Crippen LogP contribution in [0.4, 0.5) is 10.2 Å². The predicted molar refractivity (Wildman–Crippen MR) is 123 cm³/mol. The summed E-state index contributed by atoms with van der Waals surface area (Å²) in [6.45, 7) is 8.57. The van der Waals surface area contributed by atoms with Gasteiger partial charge in [0.15, 0.2) is 0 Å². The lowest BCUT2D eigenvalue weighted by Crippen LogP contribution is -2.55. The highest BCUT2D eigenvalue weighted by Crippen LogP contribution is 2.42. The number of aromatic nitrogens is 4. The predicted octanol–water partition coefficient (Wildman–Crippen LogP) is 3.42. The van der Waals surface area contributed by atoms with Crippen LogP contribution in [0.25, 0.3) is 16.1 Å². The third-order valence-corrected chi connectivity index (χ3v) is 6.90. The molecule has 0 spiro atoms. The molecule has 0 aliphatic carbocycles. The summed E-state index contributed by atoms with van der Waals surface area (Å²) in [4.78, 5) is 7.92. The summed E-state index contributed by atoms with van der Waals surface area (Å²) in [6.07, 6.45) is 0.0555. The van der Waals surface area contributed by atoms with E-state index in [1.54, 1.807) is 31.3 Å². The largest absolute Gasteiger partial charge is 0.394 e. The number of pyridine rings is 1. The maximum absolute atomic E-state index is 14.1. The summed E-state index contributed by atoms with van der Waals surface area (Å²) in [5, 5.41) is 29.5. The van der Waals surface area contributed by atoms with Crippen molar-refractivity contribution in [2.45, 2.75) is 41.6 Å². The minimum absolute atomic E-state index is 0.139. The molecule has 2 aromatic heterocycles. The Balaban J connectivity index is 1.68. The molecule has 178 valence electrons. The molecule has 0 saturated carbocycles. The number of thioether (sulfide) groups is 1. The zero-order chi connectivity index (χ0) is 24.4. The number of ether oxygens (including phenoxy) is 2.